The van der Waals surface area contributed by atoms with Crippen molar-refractivity contribution in [2.45, 2.75) is 495 Å². The van der Waals surface area contributed by atoms with Gasteiger partial charge in [0.05, 0.1) is 25.4 Å². The first-order chi connectivity index (χ1) is 45.0. The van der Waals surface area contributed by atoms with Gasteiger partial charge in [-0.15, -0.1) is 0 Å². The molecule has 6 nitrogen and oxygen atoms in total. The Kier molecular flexibility index (Phi) is 79.3. The monoisotopic (exact) mass is 1280 g/mol. The Balaban J connectivity index is 3.35. The van der Waals surface area contributed by atoms with Gasteiger partial charge in [0.15, 0.2) is 0 Å². The van der Waals surface area contributed by atoms with Gasteiger partial charge in [-0.2, -0.15) is 0 Å². The molecular weight excluding hydrogens is 1110 g/mol. The molecule has 0 aliphatic carbocycles. The highest BCUT2D eigenvalue weighted by atomic mass is 16.5. The molecule has 0 bridgehead atoms. The van der Waals surface area contributed by atoms with Crippen molar-refractivity contribution < 1.29 is 24.5 Å². The van der Waals surface area contributed by atoms with E-state index < -0.39 is 12.1 Å². The van der Waals surface area contributed by atoms with Crippen molar-refractivity contribution in [2.24, 2.45) is 0 Å². The van der Waals surface area contributed by atoms with Gasteiger partial charge in [-0.25, -0.2) is 0 Å². The summed E-state index contributed by atoms with van der Waals surface area (Å²) in [6.45, 7) is 4.97. The Morgan fingerprint density at radius 1 is 0.297 bits per heavy atom. The van der Waals surface area contributed by atoms with E-state index in [1.165, 1.54) is 417 Å². The van der Waals surface area contributed by atoms with Crippen molar-refractivity contribution in [1.82, 2.24) is 5.32 Å². The molecule has 0 aliphatic rings. The second kappa shape index (κ2) is 80.8. The molecule has 6 heteroatoms. The van der Waals surface area contributed by atoms with E-state index in [2.05, 4.69) is 31.3 Å². The fourth-order valence-electron chi connectivity index (χ4n) is 13.6. The zero-order valence-electron chi connectivity index (χ0n) is 62.1. The van der Waals surface area contributed by atoms with Gasteiger partial charge < -0.3 is 20.3 Å². The van der Waals surface area contributed by atoms with Crippen LogP contribution in [0.2, 0.25) is 0 Å². The molecular formula is C85H165NO5. The predicted octanol–water partition coefficient (Wildman–Crippen LogP) is 28.0. The fourth-order valence-corrected chi connectivity index (χ4v) is 13.6. The number of allylic oxidation sites excluding steroid dienone is 3. The number of aliphatic hydroxyl groups is 2. The Labute approximate surface area is 571 Å². The average molecular weight is 1280 g/mol. The van der Waals surface area contributed by atoms with Crippen LogP contribution in [0.1, 0.15) is 483 Å². The summed E-state index contributed by atoms with van der Waals surface area (Å²) in [5.74, 6) is -0.0339. The zero-order valence-corrected chi connectivity index (χ0v) is 62.1. The van der Waals surface area contributed by atoms with Crippen LogP contribution in [0.15, 0.2) is 24.3 Å². The van der Waals surface area contributed by atoms with E-state index in [9.17, 15) is 19.8 Å². The summed E-state index contributed by atoms with van der Waals surface area (Å²) in [6, 6.07) is -0.626. The number of carbonyl (C=O) groups excluding carboxylic acids is 2. The minimum Gasteiger partial charge on any atom is -0.466 e. The van der Waals surface area contributed by atoms with Crippen LogP contribution in [0.4, 0.5) is 0 Å². The number of nitrogens with one attached hydrogen (secondary N) is 1. The quantitative estimate of drug-likeness (QED) is 0.0320. The van der Waals surface area contributed by atoms with Crippen molar-refractivity contribution in [3.8, 4) is 0 Å². The molecule has 0 saturated carbocycles. The number of ether oxygens (including phenoxy) is 1. The van der Waals surface area contributed by atoms with Gasteiger partial charge in [0.2, 0.25) is 5.91 Å². The molecule has 0 heterocycles. The largest absolute Gasteiger partial charge is 0.466 e. The van der Waals surface area contributed by atoms with E-state index in [0.717, 1.165) is 38.5 Å². The molecule has 0 aromatic rings. The number of hydrogen-bond donors (Lipinski definition) is 3. The van der Waals surface area contributed by atoms with Crippen LogP contribution in [-0.4, -0.2) is 47.4 Å². The van der Waals surface area contributed by atoms with Crippen molar-refractivity contribution in [3.63, 3.8) is 0 Å². The van der Waals surface area contributed by atoms with E-state index >= 15 is 0 Å². The number of aliphatic hydroxyl groups excluding tert-OH is 2. The maximum absolute atomic E-state index is 12.6. The van der Waals surface area contributed by atoms with Gasteiger partial charge in [-0.1, -0.05) is 436 Å². The van der Waals surface area contributed by atoms with Crippen LogP contribution in [0.3, 0.4) is 0 Å². The summed E-state index contributed by atoms with van der Waals surface area (Å²) in [5, 5.41) is 23.3. The summed E-state index contributed by atoms with van der Waals surface area (Å²) >= 11 is 0. The Bertz CT molecular complexity index is 1430. The van der Waals surface area contributed by atoms with Crippen molar-refractivity contribution in [3.05, 3.63) is 24.3 Å². The third-order valence-corrected chi connectivity index (χ3v) is 20.0. The number of rotatable bonds is 80. The molecule has 91 heavy (non-hydrogen) atoms. The SMILES string of the molecule is CCCCCCCCCCCCCCCCCCCCCCC/C=C/C(O)C(CO)NC(=O)CCCCCCCCCCCCCCCCCCC/C=C\CCCCCCCCCCCCCCCCCCOC(=O)CCCCCCCCCCCCCCCC. The highest BCUT2D eigenvalue weighted by Crippen LogP contribution is 2.20. The molecule has 0 spiro atoms. The molecule has 0 aliphatic heterocycles. The number of hydrogen-bond acceptors (Lipinski definition) is 5. The fraction of sp³-hybridized carbons (Fsp3) is 0.929. The number of carbonyl (C=O) groups is 2. The topological polar surface area (TPSA) is 95.9 Å². The summed E-state index contributed by atoms with van der Waals surface area (Å²) in [4.78, 5) is 24.6. The maximum Gasteiger partial charge on any atom is 0.305 e. The molecule has 0 rings (SSSR count). The minimum absolute atomic E-state index is 0.0246. The van der Waals surface area contributed by atoms with Gasteiger partial charge in [0.25, 0.3) is 0 Å². The van der Waals surface area contributed by atoms with Crippen LogP contribution in [0.5, 0.6) is 0 Å². The second-order valence-corrected chi connectivity index (χ2v) is 29.2. The van der Waals surface area contributed by atoms with Gasteiger partial charge in [-0.05, 0) is 57.8 Å². The molecule has 0 fully saturated rings. The highest BCUT2D eigenvalue weighted by Gasteiger charge is 2.18. The lowest BCUT2D eigenvalue weighted by Gasteiger charge is -2.20. The molecule has 540 valence electrons. The van der Waals surface area contributed by atoms with Gasteiger partial charge in [-0.3, -0.25) is 9.59 Å². The summed E-state index contributed by atoms with van der Waals surface area (Å²) in [7, 11) is 0. The van der Waals surface area contributed by atoms with Crippen molar-refractivity contribution in [1.29, 1.82) is 0 Å². The number of esters is 1. The van der Waals surface area contributed by atoms with E-state index in [1.54, 1.807) is 6.08 Å². The highest BCUT2D eigenvalue weighted by molar-refractivity contribution is 5.76. The van der Waals surface area contributed by atoms with Crippen LogP contribution in [0, 0.1) is 0 Å². The van der Waals surface area contributed by atoms with E-state index in [-0.39, 0.29) is 18.5 Å². The molecule has 0 aromatic heterocycles. The van der Waals surface area contributed by atoms with Crippen molar-refractivity contribution >= 4 is 11.9 Å². The zero-order chi connectivity index (χ0) is 65.6. The van der Waals surface area contributed by atoms with Gasteiger partial charge in [0.1, 0.15) is 0 Å². The molecule has 1 amide bonds. The Hall–Kier alpha value is -1.66. The molecule has 3 N–H and O–H groups in total. The third-order valence-electron chi connectivity index (χ3n) is 20.0. The maximum atomic E-state index is 12.6. The van der Waals surface area contributed by atoms with Crippen molar-refractivity contribution in [2.75, 3.05) is 13.2 Å². The molecule has 0 aromatic carbocycles. The summed E-state index contributed by atoms with van der Waals surface area (Å²) in [6.07, 6.45) is 105. The lowest BCUT2D eigenvalue weighted by Crippen LogP contribution is -2.45. The number of unbranched alkanes of at least 4 members (excludes halogenated alkanes) is 67. The van der Waals surface area contributed by atoms with Crippen LogP contribution < -0.4 is 5.32 Å². The van der Waals surface area contributed by atoms with Gasteiger partial charge >= 0.3 is 5.97 Å². The third kappa shape index (κ3) is 77.2. The minimum atomic E-state index is -0.843. The second-order valence-electron chi connectivity index (χ2n) is 29.2. The van der Waals surface area contributed by atoms with Crippen LogP contribution in [0.25, 0.3) is 0 Å². The van der Waals surface area contributed by atoms with Gasteiger partial charge in [0, 0.05) is 12.8 Å². The first-order valence-electron chi connectivity index (χ1n) is 42.1. The number of amides is 1. The standard InChI is InChI=1S/C85H165NO5/c1-3-5-7-9-11-13-15-17-19-20-21-22-38-41-44-47-50-53-57-61-65-69-73-77-83(88)82(81-87)86-84(89)78-74-70-66-62-58-54-51-48-45-42-39-36-34-32-30-28-26-24-23-25-27-29-31-33-35-37-40-43-46-49-52-56-60-64-68-72-76-80-91-85(90)79-75-71-67-63-59-55-18-16-14-12-10-8-6-4-2/h23,25,73,77,82-83,87-88H,3-22,24,26-72,74-76,78-81H2,1-2H3,(H,86,89)/b25-23-,77-73+. The van der Waals surface area contributed by atoms with Crippen LogP contribution in [-0.2, 0) is 14.3 Å². The lowest BCUT2D eigenvalue weighted by molar-refractivity contribution is -0.143. The Morgan fingerprint density at radius 2 is 0.516 bits per heavy atom. The molecule has 0 saturated heterocycles. The molecule has 0 radical (unpaired) electrons. The summed E-state index contributed by atoms with van der Waals surface area (Å²) in [5.41, 5.74) is 0. The first kappa shape index (κ1) is 89.3. The predicted molar refractivity (Wildman–Crippen MR) is 403 cm³/mol. The van der Waals surface area contributed by atoms with E-state index in [1.807, 2.05) is 6.08 Å². The smallest absolute Gasteiger partial charge is 0.305 e. The molecule has 2 unspecified atom stereocenters. The average Bonchev–Trinajstić information content (AvgIpc) is 3.62. The molecule has 2 atom stereocenters. The van der Waals surface area contributed by atoms with Crippen LogP contribution >= 0.6 is 0 Å². The first-order valence-corrected chi connectivity index (χ1v) is 42.1. The van der Waals surface area contributed by atoms with E-state index in [4.69, 9.17) is 4.74 Å². The summed E-state index contributed by atoms with van der Waals surface area (Å²) < 4.78 is 5.50. The van der Waals surface area contributed by atoms with E-state index in [0.29, 0.717) is 19.4 Å². The normalized spacial score (nSPS) is 12.5. The lowest BCUT2D eigenvalue weighted by atomic mass is 10.0. The Morgan fingerprint density at radius 3 is 0.780 bits per heavy atom.